The molecule has 2 rings (SSSR count). The summed E-state index contributed by atoms with van der Waals surface area (Å²) in [5.74, 6) is 1.48. The number of halogens is 1. The molecule has 2 aromatic rings. The Balaban J connectivity index is 2.30. The second kappa shape index (κ2) is 5.71. The number of aryl methyl sites for hydroxylation is 1. The van der Waals surface area contributed by atoms with E-state index < -0.39 is 4.92 Å². The molecular formula is C14H12ClNO3. The normalized spacial score (nSPS) is 10.2. The van der Waals surface area contributed by atoms with Crippen molar-refractivity contribution in [2.45, 2.75) is 12.8 Å². The molecule has 0 bridgehead atoms. The zero-order valence-corrected chi connectivity index (χ0v) is 11.1. The Kier molecular flexibility index (Phi) is 4.02. The van der Waals surface area contributed by atoms with Gasteiger partial charge in [-0.05, 0) is 30.2 Å². The summed E-state index contributed by atoms with van der Waals surface area (Å²) in [5, 5.41) is 10.7. The minimum absolute atomic E-state index is 0.00338. The van der Waals surface area contributed by atoms with E-state index in [1.54, 1.807) is 12.1 Å². The fraction of sp³-hybridized carbons (Fsp3) is 0.143. The monoisotopic (exact) mass is 277 g/mol. The van der Waals surface area contributed by atoms with Crippen molar-refractivity contribution in [1.29, 1.82) is 0 Å². The third-order valence-electron chi connectivity index (χ3n) is 2.66. The van der Waals surface area contributed by atoms with Gasteiger partial charge in [0.15, 0.2) is 0 Å². The number of nitrogens with zero attached hydrogens (tertiary/aromatic N) is 1. The molecule has 0 saturated heterocycles. The topological polar surface area (TPSA) is 52.4 Å². The second-order valence-corrected chi connectivity index (χ2v) is 4.36. The molecule has 0 unspecified atom stereocenters. The molecule has 98 valence electrons. The van der Waals surface area contributed by atoms with Crippen molar-refractivity contribution in [3.05, 3.63) is 63.7 Å². The summed E-state index contributed by atoms with van der Waals surface area (Å²) in [6, 6.07) is 11.8. The Morgan fingerprint density at radius 1 is 1.26 bits per heavy atom. The van der Waals surface area contributed by atoms with Crippen LogP contribution in [0.4, 0.5) is 5.69 Å². The van der Waals surface area contributed by atoms with E-state index in [0.29, 0.717) is 17.4 Å². The van der Waals surface area contributed by atoms with E-state index in [-0.39, 0.29) is 5.69 Å². The first-order valence-electron chi connectivity index (χ1n) is 5.68. The molecule has 0 atom stereocenters. The average Bonchev–Trinajstić information content (AvgIpc) is 2.41. The summed E-state index contributed by atoms with van der Waals surface area (Å²) in [6.07, 6.45) is 0. The van der Waals surface area contributed by atoms with Gasteiger partial charge in [0.05, 0.1) is 11.0 Å². The van der Waals surface area contributed by atoms with Gasteiger partial charge in [0.1, 0.15) is 11.5 Å². The highest BCUT2D eigenvalue weighted by atomic mass is 35.5. The van der Waals surface area contributed by atoms with Crippen LogP contribution in [-0.4, -0.2) is 4.92 Å². The first-order chi connectivity index (χ1) is 9.10. The first-order valence-corrected chi connectivity index (χ1v) is 6.21. The molecule has 2 aromatic carbocycles. The fourth-order valence-electron chi connectivity index (χ4n) is 1.63. The Morgan fingerprint density at radius 3 is 2.74 bits per heavy atom. The summed E-state index contributed by atoms with van der Waals surface area (Å²) < 4.78 is 5.68. The second-order valence-electron chi connectivity index (χ2n) is 4.09. The molecule has 0 N–H and O–H groups in total. The number of hydrogen-bond acceptors (Lipinski definition) is 3. The highest BCUT2D eigenvalue weighted by molar-refractivity contribution is 6.17. The van der Waals surface area contributed by atoms with E-state index >= 15 is 0 Å². The maximum Gasteiger partial charge on any atom is 0.273 e. The van der Waals surface area contributed by atoms with Crippen LogP contribution >= 0.6 is 11.6 Å². The van der Waals surface area contributed by atoms with Crippen LogP contribution in [0, 0.1) is 17.0 Å². The quantitative estimate of drug-likeness (QED) is 0.472. The van der Waals surface area contributed by atoms with Gasteiger partial charge < -0.3 is 4.74 Å². The van der Waals surface area contributed by atoms with Crippen molar-refractivity contribution in [3.63, 3.8) is 0 Å². The zero-order valence-electron chi connectivity index (χ0n) is 10.3. The van der Waals surface area contributed by atoms with Crippen molar-refractivity contribution in [2.24, 2.45) is 0 Å². The molecule has 4 nitrogen and oxygen atoms in total. The molecule has 0 aliphatic carbocycles. The van der Waals surface area contributed by atoms with E-state index in [1.807, 2.05) is 25.1 Å². The third-order valence-corrected chi connectivity index (χ3v) is 2.97. The predicted octanol–water partition coefficient (Wildman–Crippen LogP) is 4.43. The lowest BCUT2D eigenvalue weighted by Gasteiger charge is -2.09. The molecule has 5 heteroatoms. The van der Waals surface area contributed by atoms with Gasteiger partial charge in [0.25, 0.3) is 5.69 Å². The Hall–Kier alpha value is -2.07. The highest BCUT2D eigenvalue weighted by Crippen LogP contribution is 2.28. The van der Waals surface area contributed by atoms with Crippen LogP contribution in [0.3, 0.4) is 0 Å². The molecule has 19 heavy (non-hydrogen) atoms. The van der Waals surface area contributed by atoms with Gasteiger partial charge in [-0.25, -0.2) is 0 Å². The van der Waals surface area contributed by atoms with Gasteiger partial charge in [-0.1, -0.05) is 18.2 Å². The fourth-order valence-corrected chi connectivity index (χ4v) is 1.79. The largest absolute Gasteiger partial charge is 0.457 e. The molecule has 0 amide bonds. The number of hydrogen-bond donors (Lipinski definition) is 0. The van der Waals surface area contributed by atoms with Crippen LogP contribution in [0.15, 0.2) is 42.5 Å². The molecule has 0 fully saturated rings. The van der Waals surface area contributed by atoms with Gasteiger partial charge in [-0.15, -0.1) is 11.6 Å². The Bertz CT molecular complexity index is 613. The SMILES string of the molecule is Cc1ccc(CCl)cc1Oc1cccc([N+](=O)[O-])c1. The van der Waals surface area contributed by atoms with Gasteiger partial charge in [-0.3, -0.25) is 10.1 Å². The third kappa shape index (κ3) is 3.23. The smallest absolute Gasteiger partial charge is 0.273 e. The molecule has 0 heterocycles. The predicted molar refractivity (Wildman–Crippen MR) is 73.9 cm³/mol. The number of non-ortho nitro benzene ring substituents is 1. The minimum atomic E-state index is -0.450. The van der Waals surface area contributed by atoms with Crippen molar-refractivity contribution < 1.29 is 9.66 Å². The summed E-state index contributed by atoms with van der Waals surface area (Å²) in [7, 11) is 0. The minimum Gasteiger partial charge on any atom is -0.457 e. The summed E-state index contributed by atoms with van der Waals surface area (Å²) in [5.41, 5.74) is 1.89. The van der Waals surface area contributed by atoms with E-state index in [9.17, 15) is 10.1 Å². The lowest BCUT2D eigenvalue weighted by atomic mass is 10.1. The molecule has 0 aliphatic heterocycles. The molecule has 0 saturated carbocycles. The van der Waals surface area contributed by atoms with Crippen LogP contribution in [0.25, 0.3) is 0 Å². The van der Waals surface area contributed by atoms with Gasteiger partial charge in [-0.2, -0.15) is 0 Å². The number of nitro benzene ring substituents is 1. The Morgan fingerprint density at radius 2 is 2.05 bits per heavy atom. The van der Waals surface area contributed by atoms with Crippen LogP contribution in [0.1, 0.15) is 11.1 Å². The maximum atomic E-state index is 10.7. The van der Waals surface area contributed by atoms with Crippen molar-refractivity contribution in [3.8, 4) is 11.5 Å². The van der Waals surface area contributed by atoms with E-state index in [2.05, 4.69) is 0 Å². The molecule has 0 aromatic heterocycles. The van der Waals surface area contributed by atoms with Crippen LogP contribution in [0.2, 0.25) is 0 Å². The number of rotatable bonds is 4. The first kappa shape index (κ1) is 13.4. The molecule has 0 spiro atoms. The lowest BCUT2D eigenvalue weighted by molar-refractivity contribution is -0.384. The summed E-state index contributed by atoms with van der Waals surface area (Å²) in [4.78, 5) is 10.3. The zero-order chi connectivity index (χ0) is 13.8. The molecular weight excluding hydrogens is 266 g/mol. The Labute approximate surface area is 115 Å². The van der Waals surface area contributed by atoms with E-state index in [0.717, 1.165) is 11.1 Å². The van der Waals surface area contributed by atoms with Gasteiger partial charge >= 0.3 is 0 Å². The highest BCUT2D eigenvalue weighted by Gasteiger charge is 2.08. The van der Waals surface area contributed by atoms with E-state index in [4.69, 9.17) is 16.3 Å². The number of alkyl halides is 1. The number of benzene rings is 2. The van der Waals surface area contributed by atoms with Gasteiger partial charge in [0, 0.05) is 11.9 Å². The molecule has 0 aliphatic rings. The summed E-state index contributed by atoms with van der Waals surface area (Å²) >= 11 is 5.78. The average molecular weight is 278 g/mol. The maximum absolute atomic E-state index is 10.7. The van der Waals surface area contributed by atoms with E-state index in [1.165, 1.54) is 12.1 Å². The lowest BCUT2D eigenvalue weighted by Crippen LogP contribution is -1.92. The van der Waals surface area contributed by atoms with Gasteiger partial charge in [0.2, 0.25) is 0 Å². The van der Waals surface area contributed by atoms with Crippen molar-refractivity contribution in [1.82, 2.24) is 0 Å². The van der Waals surface area contributed by atoms with Crippen LogP contribution in [0.5, 0.6) is 11.5 Å². The van der Waals surface area contributed by atoms with Crippen molar-refractivity contribution >= 4 is 17.3 Å². The van der Waals surface area contributed by atoms with Crippen molar-refractivity contribution in [2.75, 3.05) is 0 Å². The van der Waals surface area contributed by atoms with Crippen LogP contribution < -0.4 is 4.74 Å². The van der Waals surface area contributed by atoms with Crippen LogP contribution in [-0.2, 0) is 5.88 Å². The molecule has 0 radical (unpaired) electrons. The number of ether oxygens (including phenoxy) is 1. The standard InChI is InChI=1S/C14H12ClNO3/c1-10-5-6-11(9-15)7-14(10)19-13-4-2-3-12(8-13)16(17)18/h2-8H,9H2,1H3. The summed E-state index contributed by atoms with van der Waals surface area (Å²) in [6.45, 7) is 1.91. The number of nitro groups is 1.